The first-order valence-electron chi connectivity index (χ1n) is 6.81. The van der Waals surface area contributed by atoms with Crippen LogP contribution in [-0.2, 0) is 22.5 Å². The third-order valence-electron chi connectivity index (χ3n) is 3.28. The number of esters is 1. The molecule has 0 saturated carbocycles. The van der Waals surface area contributed by atoms with E-state index in [1.807, 2.05) is 12.1 Å². The quantitative estimate of drug-likeness (QED) is 0.363. The maximum absolute atomic E-state index is 11.8. The van der Waals surface area contributed by atoms with E-state index in [2.05, 4.69) is 21.8 Å². The summed E-state index contributed by atoms with van der Waals surface area (Å²) in [6.45, 7) is 5.43. The van der Waals surface area contributed by atoms with Gasteiger partial charge in [0.15, 0.2) is 0 Å². The second-order valence-corrected chi connectivity index (χ2v) is 5.23. The van der Waals surface area contributed by atoms with E-state index in [1.165, 1.54) is 11.1 Å². The van der Waals surface area contributed by atoms with Gasteiger partial charge in [-0.3, -0.25) is 4.90 Å². The number of hydrogen-bond acceptors (Lipinski definition) is 3. The molecule has 0 unspecified atom stereocenters. The Morgan fingerprint density at radius 1 is 1.40 bits per heavy atom. The highest BCUT2D eigenvalue weighted by molar-refractivity contribution is 6.34. The van der Waals surface area contributed by atoms with Crippen LogP contribution in [0.2, 0.25) is 0 Å². The van der Waals surface area contributed by atoms with Gasteiger partial charge < -0.3 is 10.3 Å². The second-order valence-electron chi connectivity index (χ2n) is 5.23. The van der Waals surface area contributed by atoms with Gasteiger partial charge in [-0.2, -0.15) is 4.79 Å². The first-order chi connectivity index (χ1) is 9.60. The summed E-state index contributed by atoms with van der Waals surface area (Å²) in [7, 11) is 0. The van der Waals surface area contributed by atoms with Crippen LogP contribution < -0.4 is 0 Å². The van der Waals surface area contributed by atoms with Crippen molar-refractivity contribution in [3.8, 4) is 0 Å². The monoisotopic (exact) mass is 273 g/mol. The van der Waals surface area contributed by atoms with Crippen molar-refractivity contribution in [1.29, 1.82) is 0 Å². The molecule has 0 N–H and O–H groups in total. The van der Waals surface area contributed by atoms with Crippen LogP contribution >= 0.6 is 0 Å². The average Bonchev–Trinajstić information content (AvgIpc) is 2.43. The van der Waals surface area contributed by atoms with Gasteiger partial charge in [0, 0.05) is 13.1 Å². The zero-order valence-electron chi connectivity index (χ0n) is 11.9. The summed E-state index contributed by atoms with van der Waals surface area (Å²) in [6, 6.07) is 8.26. The Balaban J connectivity index is 2.01. The molecule has 0 fully saturated rings. The van der Waals surface area contributed by atoms with Crippen LogP contribution in [-0.4, -0.2) is 40.6 Å². The highest BCUT2D eigenvalue weighted by Gasteiger charge is 2.27. The lowest BCUT2D eigenvalue weighted by Gasteiger charge is -2.26. The lowest BCUT2D eigenvalue weighted by molar-refractivity contribution is -0.144. The molecular weight excluding hydrogens is 254 g/mol. The molecule has 1 aromatic carbocycles. The largest absolute Gasteiger partial charge is 0.454 e. The first-order valence-corrected chi connectivity index (χ1v) is 6.81. The predicted molar refractivity (Wildman–Crippen MR) is 75.3 cm³/mol. The molecule has 0 radical (unpaired) electrons. The molecule has 5 nitrogen and oxygen atoms in total. The van der Waals surface area contributed by atoms with Crippen molar-refractivity contribution in [2.45, 2.75) is 32.9 Å². The maximum Gasteiger partial charge on any atom is 0.418 e. The van der Waals surface area contributed by atoms with Crippen LogP contribution in [0.5, 0.6) is 0 Å². The average molecular weight is 273 g/mol. The molecule has 0 spiro atoms. The molecule has 1 aliphatic rings. The second kappa shape index (κ2) is 6.46. The van der Waals surface area contributed by atoms with E-state index in [1.54, 1.807) is 13.8 Å². The van der Waals surface area contributed by atoms with Crippen molar-refractivity contribution in [2.24, 2.45) is 0 Å². The van der Waals surface area contributed by atoms with Gasteiger partial charge in [0.25, 0.3) is 0 Å². The van der Waals surface area contributed by atoms with Crippen molar-refractivity contribution < 1.29 is 14.3 Å². The molecule has 0 aromatic heterocycles. The molecule has 0 bridgehead atoms. The molecule has 2 rings (SSSR count). The van der Waals surface area contributed by atoms with Gasteiger partial charge >= 0.3 is 11.7 Å². The molecule has 1 aromatic rings. The first kappa shape index (κ1) is 14.4. The number of rotatable bonds is 4. The Kier molecular flexibility index (Phi) is 4.66. The number of nitrogens with zero attached hydrogens (tertiary/aromatic N) is 3. The number of hydrogen-bond donors (Lipinski definition) is 0. The fourth-order valence-electron chi connectivity index (χ4n) is 2.32. The third kappa shape index (κ3) is 3.53. The molecule has 0 saturated heterocycles. The summed E-state index contributed by atoms with van der Waals surface area (Å²) in [5.74, 6) is -0.554. The molecule has 0 amide bonds. The minimum Gasteiger partial charge on any atom is -0.454 e. The lowest BCUT2D eigenvalue weighted by atomic mass is 10.00. The number of carbonyl (C=O) groups is 1. The van der Waals surface area contributed by atoms with Crippen molar-refractivity contribution in [2.75, 3.05) is 13.1 Å². The molecule has 0 atom stereocenters. The topological polar surface area (TPSA) is 65.9 Å². The highest BCUT2D eigenvalue weighted by atomic mass is 16.5. The summed E-state index contributed by atoms with van der Waals surface area (Å²) in [5.41, 5.74) is 11.7. The van der Waals surface area contributed by atoms with Crippen molar-refractivity contribution in [1.82, 2.24) is 4.90 Å². The zero-order valence-corrected chi connectivity index (χ0v) is 11.9. The van der Waals surface area contributed by atoms with E-state index in [0.29, 0.717) is 6.54 Å². The molecule has 1 heterocycles. The van der Waals surface area contributed by atoms with Crippen LogP contribution in [0.15, 0.2) is 24.3 Å². The minimum absolute atomic E-state index is 0.0538. The number of benzene rings is 1. The standard InChI is InChI=1S/C15H19N3O2/c1-11(2)20-15(19)14(17-16)10-18-8-7-12-5-3-4-6-13(12)9-18/h3-6,11H,7-10H2,1-2H3. The predicted octanol–water partition coefficient (Wildman–Crippen LogP) is 1.67. The van der Waals surface area contributed by atoms with Crippen LogP contribution in [0.25, 0.3) is 5.53 Å². The Morgan fingerprint density at radius 2 is 2.10 bits per heavy atom. The van der Waals surface area contributed by atoms with Gasteiger partial charge in [-0.1, -0.05) is 24.3 Å². The van der Waals surface area contributed by atoms with E-state index in [0.717, 1.165) is 19.5 Å². The van der Waals surface area contributed by atoms with Gasteiger partial charge in [0.2, 0.25) is 0 Å². The van der Waals surface area contributed by atoms with Gasteiger partial charge in [0.1, 0.15) is 6.54 Å². The normalized spacial score (nSPS) is 14.6. The number of carbonyl (C=O) groups excluding carboxylic acids is 1. The lowest BCUT2D eigenvalue weighted by Crippen LogP contribution is -2.38. The fraction of sp³-hybridized carbons (Fsp3) is 0.467. The Hall–Kier alpha value is -1.97. The van der Waals surface area contributed by atoms with E-state index >= 15 is 0 Å². The summed E-state index contributed by atoms with van der Waals surface area (Å²) in [6.07, 6.45) is 0.718. The van der Waals surface area contributed by atoms with Gasteiger partial charge in [-0.15, -0.1) is 0 Å². The van der Waals surface area contributed by atoms with Crippen LogP contribution in [0.4, 0.5) is 0 Å². The van der Waals surface area contributed by atoms with Crippen LogP contribution in [0.1, 0.15) is 25.0 Å². The molecule has 5 heteroatoms. The smallest absolute Gasteiger partial charge is 0.418 e. The van der Waals surface area contributed by atoms with Crippen LogP contribution in [0, 0.1) is 0 Å². The molecule has 20 heavy (non-hydrogen) atoms. The summed E-state index contributed by atoms with van der Waals surface area (Å²) in [4.78, 5) is 16.9. The van der Waals surface area contributed by atoms with Gasteiger partial charge in [-0.05, 0) is 31.4 Å². The minimum atomic E-state index is -0.554. The molecule has 0 aliphatic carbocycles. The summed E-state index contributed by atoms with van der Waals surface area (Å²) >= 11 is 0. The van der Waals surface area contributed by atoms with Crippen molar-refractivity contribution >= 4 is 11.7 Å². The SMILES string of the molecule is CC(C)OC(=O)C(CN1CCc2ccccc2C1)=[N+]=[N-]. The summed E-state index contributed by atoms with van der Waals surface area (Å²) < 4.78 is 5.06. The van der Waals surface area contributed by atoms with Crippen molar-refractivity contribution in [3.63, 3.8) is 0 Å². The number of ether oxygens (including phenoxy) is 1. The van der Waals surface area contributed by atoms with E-state index in [9.17, 15) is 4.79 Å². The third-order valence-corrected chi connectivity index (χ3v) is 3.28. The van der Waals surface area contributed by atoms with E-state index < -0.39 is 5.97 Å². The molecular formula is C15H19N3O2. The van der Waals surface area contributed by atoms with E-state index in [-0.39, 0.29) is 11.8 Å². The Morgan fingerprint density at radius 3 is 2.75 bits per heavy atom. The van der Waals surface area contributed by atoms with Crippen LogP contribution in [0.3, 0.4) is 0 Å². The van der Waals surface area contributed by atoms with Gasteiger partial charge in [-0.25, -0.2) is 4.79 Å². The summed E-state index contributed by atoms with van der Waals surface area (Å²) in [5, 5.41) is 0. The highest BCUT2D eigenvalue weighted by Crippen LogP contribution is 2.18. The zero-order chi connectivity index (χ0) is 14.5. The Labute approximate surface area is 118 Å². The maximum atomic E-state index is 11.8. The van der Waals surface area contributed by atoms with Crippen molar-refractivity contribution in [3.05, 3.63) is 40.9 Å². The fourth-order valence-corrected chi connectivity index (χ4v) is 2.32. The molecule has 106 valence electrons. The van der Waals surface area contributed by atoms with E-state index in [4.69, 9.17) is 10.3 Å². The molecule has 1 aliphatic heterocycles. The number of fused-ring (bicyclic) bond motifs is 1. The Bertz CT molecular complexity index is 548. The van der Waals surface area contributed by atoms with Gasteiger partial charge in [0.05, 0.1) is 6.10 Å².